The third-order valence-electron chi connectivity index (χ3n) is 20.4. The van der Waals surface area contributed by atoms with Gasteiger partial charge in [0.05, 0.1) is 61.3 Å². The third kappa shape index (κ3) is 9.54. The minimum Gasteiger partial charge on any atom is -0.493 e. The number of nitrogens with zero attached hydrogens (tertiary/aromatic N) is 2. The minimum absolute atomic E-state index is 0.0846. The summed E-state index contributed by atoms with van der Waals surface area (Å²) < 4.78 is 24.3. The summed E-state index contributed by atoms with van der Waals surface area (Å²) in [7, 11) is 0. The summed E-state index contributed by atoms with van der Waals surface area (Å²) in [6.45, 7) is 8.74. The maximum Gasteiger partial charge on any atom is 0.119 e. The number of rotatable bonds is 19. The number of anilines is 6. The summed E-state index contributed by atoms with van der Waals surface area (Å²) in [6, 6.07) is 112. The highest BCUT2D eigenvalue weighted by Crippen LogP contribution is 2.60. The van der Waals surface area contributed by atoms with Crippen LogP contribution in [0.4, 0.5) is 34.1 Å². The second kappa shape index (κ2) is 23.5. The first-order valence-corrected chi connectivity index (χ1v) is 32.5. The average molecular weight is 1200 g/mol. The van der Waals surface area contributed by atoms with Crippen molar-refractivity contribution in [1.82, 2.24) is 0 Å². The maximum absolute atomic E-state index is 6.51. The molecule has 450 valence electrons. The van der Waals surface area contributed by atoms with Crippen LogP contribution in [0.1, 0.15) is 71.2 Å². The van der Waals surface area contributed by atoms with Crippen LogP contribution in [0.5, 0.6) is 11.5 Å². The first kappa shape index (κ1) is 57.0. The highest BCUT2D eigenvalue weighted by molar-refractivity contribution is 5.92. The van der Waals surface area contributed by atoms with E-state index in [-0.39, 0.29) is 10.8 Å². The number of ether oxygens (including phenoxy) is 4. The number of benzene rings is 12. The Kier molecular flexibility index (Phi) is 14.6. The summed E-state index contributed by atoms with van der Waals surface area (Å²) in [5.41, 5.74) is 22.5. The lowest BCUT2D eigenvalue weighted by Crippen LogP contribution is -2.46. The Labute approximate surface area is 540 Å². The molecule has 2 unspecified atom stereocenters. The molecule has 16 rings (SSSR count). The molecule has 0 spiro atoms. The van der Waals surface area contributed by atoms with Crippen molar-refractivity contribution in [2.24, 2.45) is 10.8 Å². The monoisotopic (exact) mass is 1200 g/mol. The van der Waals surface area contributed by atoms with Gasteiger partial charge in [-0.05, 0) is 188 Å². The van der Waals surface area contributed by atoms with Gasteiger partial charge in [0.1, 0.15) is 11.5 Å². The van der Waals surface area contributed by atoms with Gasteiger partial charge in [0.2, 0.25) is 0 Å². The number of hydrogen-bond donors (Lipinski definition) is 0. The molecule has 2 heterocycles. The summed E-state index contributed by atoms with van der Waals surface area (Å²) in [5, 5.41) is 0. The van der Waals surface area contributed by atoms with E-state index in [9.17, 15) is 0 Å². The van der Waals surface area contributed by atoms with Gasteiger partial charge in [0.25, 0.3) is 0 Å². The Hall–Kier alpha value is -10.2. The molecule has 0 saturated carbocycles. The van der Waals surface area contributed by atoms with Crippen molar-refractivity contribution in [3.05, 3.63) is 348 Å². The first-order chi connectivity index (χ1) is 45.4. The van der Waals surface area contributed by atoms with E-state index in [0.717, 1.165) is 96.0 Å². The van der Waals surface area contributed by atoms with Crippen LogP contribution in [0.25, 0.3) is 33.4 Å². The van der Waals surface area contributed by atoms with E-state index >= 15 is 0 Å². The van der Waals surface area contributed by atoms with Crippen molar-refractivity contribution in [3.63, 3.8) is 0 Å². The van der Waals surface area contributed by atoms with E-state index in [1.807, 2.05) is 0 Å². The second-order valence-electron chi connectivity index (χ2n) is 25.5. The van der Waals surface area contributed by atoms with Gasteiger partial charge in [-0.3, -0.25) is 0 Å². The van der Waals surface area contributed by atoms with Crippen LogP contribution in [0.3, 0.4) is 0 Å². The molecule has 2 aliphatic carbocycles. The molecular formula is C86H72N2O4. The van der Waals surface area contributed by atoms with Crippen LogP contribution in [0.15, 0.2) is 303 Å². The summed E-state index contributed by atoms with van der Waals surface area (Å²) >= 11 is 0. The lowest BCUT2D eigenvalue weighted by Gasteiger charge is -2.40. The Balaban J connectivity index is 0.745. The van der Waals surface area contributed by atoms with Crippen LogP contribution in [-0.4, -0.2) is 39.6 Å². The van der Waals surface area contributed by atoms with E-state index in [2.05, 4.69) is 327 Å². The van der Waals surface area contributed by atoms with E-state index in [4.69, 9.17) is 18.9 Å². The molecule has 12 aromatic carbocycles. The van der Waals surface area contributed by atoms with Crippen LogP contribution >= 0.6 is 0 Å². The smallest absolute Gasteiger partial charge is 0.119 e. The van der Waals surface area contributed by atoms with Crippen LogP contribution in [-0.2, 0) is 20.3 Å². The molecule has 0 N–H and O–H groups in total. The number of para-hydroxylation sites is 2. The molecule has 6 heteroatoms. The summed E-state index contributed by atoms with van der Waals surface area (Å²) in [5.74, 6) is 1.75. The SMILES string of the molecule is CCC1(COc2ccc(C3(c4ccccc4)c4ccccc4-c4ccc(N(c5ccccc5)c5ccc(-c6ccc(N(c7ccccc7)c7ccc8c(c7)C(c7ccccc7)(c7ccc(OCC9(CC)COC9)cc7)c7ccccc7-8)cc6)cc5)cc43)cc2)COC1. The van der Waals surface area contributed by atoms with Gasteiger partial charge < -0.3 is 28.7 Å². The van der Waals surface area contributed by atoms with Gasteiger partial charge in [0.15, 0.2) is 0 Å². The maximum atomic E-state index is 6.51. The fraction of sp³-hybridized carbons (Fsp3) is 0.163. The molecule has 4 aliphatic rings. The molecule has 12 aromatic rings. The molecule has 2 fully saturated rings. The highest BCUT2D eigenvalue weighted by Gasteiger charge is 2.48. The van der Waals surface area contributed by atoms with E-state index in [0.29, 0.717) is 13.2 Å². The Bertz CT molecular complexity index is 4280. The zero-order valence-electron chi connectivity index (χ0n) is 52.1. The van der Waals surface area contributed by atoms with Crippen molar-refractivity contribution < 1.29 is 18.9 Å². The van der Waals surface area contributed by atoms with Crippen LogP contribution < -0.4 is 19.3 Å². The molecule has 0 amide bonds. The molecule has 0 aromatic heterocycles. The van der Waals surface area contributed by atoms with Gasteiger partial charge >= 0.3 is 0 Å². The van der Waals surface area contributed by atoms with Crippen molar-refractivity contribution in [3.8, 4) is 44.9 Å². The zero-order chi connectivity index (χ0) is 61.7. The van der Waals surface area contributed by atoms with Crippen molar-refractivity contribution in [2.45, 2.75) is 37.5 Å². The minimum atomic E-state index is -0.603. The number of fused-ring (bicyclic) bond motifs is 6. The highest BCUT2D eigenvalue weighted by atomic mass is 16.5. The van der Waals surface area contributed by atoms with Gasteiger partial charge in [-0.25, -0.2) is 0 Å². The van der Waals surface area contributed by atoms with Crippen molar-refractivity contribution in [1.29, 1.82) is 0 Å². The van der Waals surface area contributed by atoms with Crippen LogP contribution in [0.2, 0.25) is 0 Å². The van der Waals surface area contributed by atoms with Gasteiger partial charge in [-0.15, -0.1) is 0 Å². The van der Waals surface area contributed by atoms with E-state index in [1.54, 1.807) is 0 Å². The zero-order valence-corrected chi connectivity index (χ0v) is 52.1. The molecule has 92 heavy (non-hydrogen) atoms. The molecule has 2 saturated heterocycles. The molecular weight excluding hydrogens is 1120 g/mol. The number of hydrogen-bond acceptors (Lipinski definition) is 6. The fourth-order valence-corrected chi connectivity index (χ4v) is 15.1. The topological polar surface area (TPSA) is 43.4 Å². The van der Waals surface area contributed by atoms with Crippen molar-refractivity contribution in [2.75, 3.05) is 49.4 Å². The van der Waals surface area contributed by atoms with E-state index < -0.39 is 10.8 Å². The molecule has 0 bridgehead atoms. The Morgan fingerprint density at radius 2 is 0.598 bits per heavy atom. The van der Waals surface area contributed by atoms with Gasteiger partial charge in [0, 0.05) is 34.1 Å². The predicted molar refractivity (Wildman–Crippen MR) is 374 cm³/mol. The van der Waals surface area contributed by atoms with Crippen LogP contribution in [0, 0.1) is 10.8 Å². The average Bonchev–Trinajstić information content (AvgIpc) is 1.53. The Morgan fingerprint density at radius 1 is 0.293 bits per heavy atom. The van der Waals surface area contributed by atoms with Gasteiger partial charge in [-0.2, -0.15) is 0 Å². The largest absolute Gasteiger partial charge is 0.493 e. The summed E-state index contributed by atoms with van der Waals surface area (Å²) in [6.07, 6.45) is 2.06. The lowest BCUT2D eigenvalue weighted by atomic mass is 9.67. The normalized spacial score (nSPS) is 17.6. The fourth-order valence-electron chi connectivity index (χ4n) is 15.1. The molecule has 2 aliphatic heterocycles. The quantitative estimate of drug-likeness (QED) is 0.0804. The molecule has 0 radical (unpaired) electrons. The molecule has 6 nitrogen and oxygen atoms in total. The third-order valence-corrected chi connectivity index (χ3v) is 20.4. The summed E-state index contributed by atoms with van der Waals surface area (Å²) in [4.78, 5) is 4.79. The first-order valence-electron chi connectivity index (χ1n) is 32.5. The second-order valence-corrected chi connectivity index (χ2v) is 25.5. The Morgan fingerprint density at radius 3 is 0.946 bits per heavy atom. The standard InChI is InChI=1S/C86H72N2O4/c1-3-83(55-89-56-83)59-91-73-47-37-65(38-48-73)85(63-21-9-5-10-22-63)79-31-19-17-29-75(79)77-51-45-71(53-81(77)85)87(67-25-13-7-14-26-67)69-41-33-61(34-42-69)62-35-43-70(44-36-62)88(68-27-15-8-16-28-68)72-46-52-78-76-30-18-20-32-80(76)86(82(78)54-72,64-23-11-6-12-24-64)66-39-49-74(50-40-66)92-60-84(4-2)57-90-58-84/h5-54H,3-4,55-60H2,1-2H3. The van der Waals surface area contributed by atoms with E-state index in [1.165, 1.54) is 66.8 Å². The van der Waals surface area contributed by atoms with Crippen molar-refractivity contribution >= 4 is 34.1 Å². The lowest BCUT2D eigenvalue weighted by molar-refractivity contribution is -0.133. The van der Waals surface area contributed by atoms with Gasteiger partial charge in [-0.1, -0.05) is 220 Å². The predicted octanol–water partition coefficient (Wildman–Crippen LogP) is 20.6. The molecule has 2 atom stereocenters.